The van der Waals surface area contributed by atoms with E-state index in [1.165, 1.54) is 5.56 Å². The number of hydrogen-bond acceptors (Lipinski definition) is 2. The van der Waals surface area contributed by atoms with Crippen molar-refractivity contribution in [2.75, 3.05) is 18.4 Å². The number of halogens is 1. The van der Waals surface area contributed by atoms with Crippen molar-refractivity contribution >= 4 is 23.2 Å². The molecule has 4 heteroatoms. The van der Waals surface area contributed by atoms with Gasteiger partial charge in [0.15, 0.2) is 0 Å². The van der Waals surface area contributed by atoms with Crippen LogP contribution in [0.1, 0.15) is 23.6 Å². The Hall–Kier alpha value is -1.84. The summed E-state index contributed by atoms with van der Waals surface area (Å²) in [5.41, 5.74) is 3.98. The molecule has 0 saturated carbocycles. The Labute approximate surface area is 143 Å². The number of likely N-dealkylation sites (N-methyl/N-ethyl adjacent to an activating group) is 1. The standard InChI is InChI=1S/C19H23ClN2O/c1-4-22(12-16-8-6-5-7-9-16)13-18(23)21-19-15(3)10-14(2)11-17(19)20/h5-11H,4,12-13H2,1-3H3,(H,21,23). The van der Waals surface area contributed by atoms with E-state index in [4.69, 9.17) is 11.6 Å². The Balaban J connectivity index is 2.00. The van der Waals surface area contributed by atoms with Crippen molar-refractivity contribution in [2.24, 2.45) is 0 Å². The average molecular weight is 331 g/mol. The Morgan fingerprint density at radius 1 is 1.17 bits per heavy atom. The maximum Gasteiger partial charge on any atom is 0.238 e. The lowest BCUT2D eigenvalue weighted by Gasteiger charge is -2.20. The summed E-state index contributed by atoms with van der Waals surface area (Å²) in [6.45, 7) is 7.91. The number of anilines is 1. The van der Waals surface area contributed by atoms with Gasteiger partial charge in [0.25, 0.3) is 0 Å². The Kier molecular flexibility index (Phi) is 6.20. The molecular formula is C19H23ClN2O. The number of nitrogens with zero attached hydrogens (tertiary/aromatic N) is 1. The highest BCUT2D eigenvalue weighted by Crippen LogP contribution is 2.27. The molecule has 0 saturated heterocycles. The fourth-order valence-electron chi connectivity index (χ4n) is 2.58. The lowest BCUT2D eigenvalue weighted by atomic mass is 10.1. The number of benzene rings is 2. The van der Waals surface area contributed by atoms with Crippen molar-refractivity contribution in [3.63, 3.8) is 0 Å². The van der Waals surface area contributed by atoms with Crippen molar-refractivity contribution in [2.45, 2.75) is 27.3 Å². The second-order valence-electron chi connectivity index (χ2n) is 5.78. The third-order valence-corrected chi connectivity index (χ3v) is 4.06. The zero-order valence-electron chi connectivity index (χ0n) is 13.9. The molecule has 2 aromatic rings. The fourth-order valence-corrected chi connectivity index (χ4v) is 2.95. The number of nitrogens with one attached hydrogen (secondary N) is 1. The van der Waals surface area contributed by atoms with Gasteiger partial charge in [-0.15, -0.1) is 0 Å². The van der Waals surface area contributed by atoms with Gasteiger partial charge in [-0.05, 0) is 43.1 Å². The SMILES string of the molecule is CCN(CC(=O)Nc1c(C)cc(C)cc1Cl)Cc1ccccc1. The molecule has 0 fully saturated rings. The van der Waals surface area contributed by atoms with Crippen molar-refractivity contribution < 1.29 is 4.79 Å². The lowest BCUT2D eigenvalue weighted by molar-refractivity contribution is -0.117. The monoisotopic (exact) mass is 330 g/mol. The number of carbonyl (C=O) groups is 1. The van der Waals surface area contributed by atoms with E-state index in [0.29, 0.717) is 17.3 Å². The Bertz CT molecular complexity index is 647. The van der Waals surface area contributed by atoms with Crippen LogP contribution >= 0.6 is 11.6 Å². The summed E-state index contributed by atoms with van der Waals surface area (Å²) < 4.78 is 0. The molecule has 23 heavy (non-hydrogen) atoms. The normalized spacial score (nSPS) is 10.8. The molecule has 0 unspecified atom stereocenters. The first-order valence-corrected chi connectivity index (χ1v) is 8.20. The van der Waals surface area contributed by atoms with E-state index in [2.05, 4.69) is 29.3 Å². The van der Waals surface area contributed by atoms with E-state index >= 15 is 0 Å². The molecule has 0 aliphatic rings. The van der Waals surface area contributed by atoms with Crippen LogP contribution in [0.3, 0.4) is 0 Å². The summed E-state index contributed by atoms with van der Waals surface area (Å²) in [6, 6.07) is 14.0. The number of rotatable bonds is 6. The maximum absolute atomic E-state index is 12.3. The van der Waals surface area contributed by atoms with Crippen LogP contribution in [0.4, 0.5) is 5.69 Å². The molecule has 1 N–H and O–H groups in total. The molecule has 0 heterocycles. The first-order chi connectivity index (χ1) is 11.0. The third kappa shape index (κ3) is 5.08. The van der Waals surface area contributed by atoms with Crippen molar-refractivity contribution in [3.8, 4) is 0 Å². The predicted molar refractivity (Wildman–Crippen MR) is 96.9 cm³/mol. The highest BCUT2D eigenvalue weighted by Gasteiger charge is 2.13. The zero-order valence-corrected chi connectivity index (χ0v) is 14.7. The van der Waals surface area contributed by atoms with Crippen LogP contribution in [0.15, 0.2) is 42.5 Å². The maximum atomic E-state index is 12.3. The van der Waals surface area contributed by atoms with Gasteiger partial charge in [-0.1, -0.05) is 54.9 Å². The minimum Gasteiger partial charge on any atom is -0.323 e. The Morgan fingerprint density at radius 2 is 1.87 bits per heavy atom. The van der Waals surface area contributed by atoms with E-state index < -0.39 is 0 Å². The van der Waals surface area contributed by atoms with Gasteiger partial charge in [-0.25, -0.2) is 0 Å². The third-order valence-electron chi connectivity index (χ3n) is 3.76. The summed E-state index contributed by atoms with van der Waals surface area (Å²) in [5.74, 6) is -0.0448. The molecule has 3 nitrogen and oxygen atoms in total. The van der Waals surface area contributed by atoms with Crippen LogP contribution in [0.5, 0.6) is 0 Å². The second kappa shape index (κ2) is 8.14. The molecule has 122 valence electrons. The molecule has 0 radical (unpaired) electrons. The molecule has 0 aromatic heterocycles. The molecule has 0 spiro atoms. The van der Waals surface area contributed by atoms with Crippen LogP contribution in [-0.4, -0.2) is 23.9 Å². The molecule has 0 aliphatic heterocycles. The van der Waals surface area contributed by atoms with Gasteiger partial charge < -0.3 is 5.32 Å². The molecule has 0 aliphatic carbocycles. The van der Waals surface area contributed by atoms with E-state index in [0.717, 1.165) is 24.2 Å². The zero-order chi connectivity index (χ0) is 16.8. The van der Waals surface area contributed by atoms with Gasteiger partial charge in [-0.2, -0.15) is 0 Å². The number of hydrogen-bond donors (Lipinski definition) is 1. The highest BCUT2D eigenvalue weighted by atomic mass is 35.5. The minimum atomic E-state index is -0.0448. The summed E-state index contributed by atoms with van der Waals surface area (Å²) in [5, 5.41) is 3.53. The van der Waals surface area contributed by atoms with Crippen LogP contribution in [0.25, 0.3) is 0 Å². The first-order valence-electron chi connectivity index (χ1n) is 7.82. The second-order valence-corrected chi connectivity index (χ2v) is 6.18. The summed E-state index contributed by atoms with van der Waals surface area (Å²) in [7, 11) is 0. The summed E-state index contributed by atoms with van der Waals surface area (Å²) in [4.78, 5) is 14.4. The largest absolute Gasteiger partial charge is 0.323 e. The topological polar surface area (TPSA) is 32.3 Å². The van der Waals surface area contributed by atoms with Crippen LogP contribution < -0.4 is 5.32 Å². The number of carbonyl (C=O) groups excluding carboxylic acids is 1. The van der Waals surface area contributed by atoms with E-state index in [1.54, 1.807) is 0 Å². The minimum absolute atomic E-state index is 0.0448. The van der Waals surface area contributed by atoms with E-state index in [1.807, 2.05) is 44.2 Å². The van der Waals surface area contributed by atoms with Gasteiger partial charge >= 0.3 is 0 Å². The average Bonchev–Trinajstić information content (AvgIpc) is 2.51. The summed E-state index contributed by atoms with van der Waals surface area (Å²) in [6.07, 6.45) is 0. The predicted octanol–water partition coefficient (Wildman–Crippen LogP) is 4.42. The highest BCUT2D eigenvalue weighted by molar-refractivity contribution is 6.34. The molecule has 0 bridgehead atoms. The van der Waals surface area contributed by atoms with Gasteiger partial charge in [0.2, 0.25) is 5.91 Å². The van der Waals surface area contributed by atoms with Gasteiger partial charge in [0, 0.05) is 6.54 Å². The van der Waals surface area contributed by atoms with E-state index in [9.17, 15) is 4.79 Å². The van der Waals surface area contributed by atoms with Crippen LogP contribution in [-0.2, 0) is 11.3 Å². The molecule has 0 atom stereocenters. The van der Waals surface area contributed by atoms with Crippen molar-refractivity contribution in [3.05, 3.63) is 64.2 Å². The molecule has 2 rings (SSSR count). The van der Waals surface area contributed by atoms with Crippen LogP contribution in [0, 0.1) is 13.8 Å². The van der Waals surface area contributed by atoms with Gasteiger partial charge in [-0.3, -0.25) is 9.69 Å². The first kappa shape index (κ1) is 17.5. The van der Waals surface area contributed by atoms with Crippen LogP contribution in [0.2, 0.25) is 5.02 Å². The Morgan fingerprint density at radius 3 is 2.48 bits per heavy atom. The van der Waals surface area contributed by atoms with Gasteiger partial charge in [0.1, 0.15) is 0 Å². The number of amides is 1. The molecule has 1 amide bonds. The van der Waals surface area contributed by atoms with Crippen molar-refractivity contribution in [1.29, 1.82) is 0 Å². The van der Waals surface area contributed by atoms with E-state index in [-0.39, 0.29) is 5.91 Å². The smallest absolute Gasteiger partial charge is 0.238 e. The van der Waals surface area contributed by atoms with Gasteiger partial charge in [0.05, 0.1) is 17.3 Å². The quantitative estimate of drug-likeness (QED) is 0.850. The summed E-state index contributed by atoms with van der Waals surface area (Å²) >= 11 is 6.25. The molecule has 2 aromatic carbocycles. The fraction of sp³-hybridized carbons (Fsp3) is 0.316. The lowest BCUT2D eigenvalue weighted by Crippen LogP contribution is -2.33. The number of aryl methyl sites for hydroxylation is 2. The van der Waals surface area contributed by atoms with Crippen molar-refractivity contribution in [1.82, 2.24) is 4.90 Å². The molecular weight excluding hydrogens is 308 g/mol.